The average Bonchev–Trinajstić information content (AvgIpc) is 3.08. The Hall–Kier alpha value is -1.68. The zero-order chi connectivity index (χ0) is 15.2. The number of nitrogens with zero attached hydrogens (tertiary/aromatic N) is 1. The van der Waals surface area contributed by atoms with Crippen LogP contribution in [0.25, 0.3) is 0 Å². The first-order valence-corrected chi connectivity index (χ1v) is 8.31. The van der Waals surface area contributed by atoms with Gasteiger partial charge in [-0.2, -0.15) is 0 Å². The van der Waals surface area contributed by atoms with Gasteiger partial charge in [0.1, 0.15) is 0 Å². The number of amides is 1. The molecule has 0 bridgehead atoms. The van der Waals surface area contributed by atoms with Gasteiger partial charge in [0.25, 0.3) is 5.91 Å². The Morgan fingerprint density at radius 3 is 2.90 bits per heavy atom. The van der Waals surface area contributed by atoms with Gasteiger partial charge in [0.05, 0.1) is 22.7 Å². The zero-order valence-corrected chi connectivity index (χ0v) is 13.5. The molecule has 0 aromatic carbocycles. The van der Waals surface area contributed by atoms with Crippen LogP contribution in [0.1, 0.15) is 47.1 Å². The number of carbonyl (C=O) groups excluding carboxylic acids is 1. The molecular weight excluding hydrogens is 304 g/mol. The van der Waals surface area contributed by atoms with Gasteiger partial charge in [0.2, 0.25) is 0 Å². The van der Waals surface area contributed by atoms with Gasteiger partial charge in [-0.25, -0.2) is 4.98 Å². The van der Waals surface area contributed by atoms with Gasteiger partial charge in [0, 0.05) is 17.2 Å². The van der Waals surface area contributed by atoms with Gasteiger partial charge >= 0.3 is 0 Å². The van der Waals surface area contributed by atoms with E-state index in [-0.39, 0.29) is 12.5 Å². The number of anilines is 1. The van der Waals surface area contributed by atoms with E-state index in [0.29, 0.717) is 23.0 Å². The quantitative estimate of drug-likeness (QED) is 0.850. The normalized spacial score (nSPS) is 10.3. The van der Waals surface area contributed by atoms with Crippen molar-refractivity contribution < 1.29 is 9.90 Å². The summed E-state index contributed by atoms with van der Waals surface area (Å²) in [5.41, 5.74) is 1.56. The van der Waals surface area contributed by atoms with Crippen LogP contribution in [-0.4, -0.2) is 22.6 Å². The lowest BCUT2D eigenvalue weighted by atomic mass is 10.2. The summed E-state index contributed by atoms with van der Waals surface area (Å²) >= 11 is 2.85. The van der Waals surface area contributed by atoms with E-state index in [1.165, 1.54) is 22.7 Å². The number of aliphatic hydroxyl groups excluding tert-OH is 1. The Morgan fingerprint density at radius 2 is 2.24 bits per heavy atom. The fourth-order valence-electron chi connectivity index (χ4n) is 1.50. The molecule has 0 aliphatic heterocycles. The van der Waals surface area contributed by atoms with Gasteiger partial charge in [-0.15, -0.1) is 22.7 Å². The van der Waals surface area contributed by atoms with E-state index >= 15 is 0 Å². The molecule has 0 fully saturated rings. The highest BCUT2D eigenvalue weighted by atomic mass is 32.1. The Labute approximate surface area is 131 Å². The maximum atomic E-state index is 12.1. The summed E-state index contributed by atoms with van der Waals surface area (Å²) in [5.74, 6) is 5.93. The SMILES string of the molecule is CC(C)c1csc(NC(=O)c2csc(C#CCCO)c2)n1. The van der Waals surface area contributed by atoms with Gasteiger partial charge in [-0.1, -0.05) is 25.7 Å². The monoisotopic (exact) mass is 320 g/mol. The van der Waals surface area contributed by atoms with Crippen molar-refractivity contribution in [3.05, 3.63) is 33.0 Å². The Balaban J connectivity index is 2.01. The van der Waals surface area contributed by atoms with E-state index in [2.05, 4.69) is 36.0 Å². The molecule has 21 heavy (non-hydrogen) atoms. The molecule has 2 aromatic heterocycles. The maximum Gasteiger partial charge on any atom is 0.258 e. The van der Waals surface area contributed by atoms with Crippen LogP contribution in [0.2, 0.25) is 0 Å². The predicted molar refractivity (Wildman–Crippen MR) is 87.1 cm³/mol. The summed E-state index contributed by atoms with van der Waals surface area (Å²) in [5, 5.41) is 15.8. The summed E-state index contributed by atoms with van der Waals surface area (Å²) in [7, 11) is 0. The number of hydrogen-bond donors (Lipinski definition) is 2. The van der Waals surface area contributed by atoms with E-state index in [4.69, 9.17) is 5.11 Å². The van der Waals surface area contributed by atoms with Crippen molar-refractivity contribution in [2.75, 3.05) is 11.9 Å². The lowest BCUT2D eigenvalue weighted by Crippen LogP contribution is -2.10. The number of nitrogens with one attached hydrogen (secondary N) is 1. The number of aliphatic hydroxyl groups is 1. The topological polar surface area (TPSA) is 62.2 Å². The van der Waals surface area contributed by atoms with Crippen LogP contribution in [0, 0.1) is 11.8 Å². The number of thiophene rings is 1. The minimum atomic E-state index is -0.175. The predicted octanol–water partition coefficient (Wildman–Crippen LogP) is 3.31. The number of hydrogen-bond acceptors (Lipinski definition) is 5. The summed E-state index contributed by atoms with van der Waals surface area (Å²) in [6.45, 7) is 4.18. The molecular formula is C15H16N2O2S2. The Morgan fingerprint density at radius 1 is 1.43 bits per heavy atom. The Bertz CT molecular complexity index is 677. The summed E-state index contributed by atoms with van der Waals surface area (Å²) in [6.07, 6.45) is 0.441. The summed E-state index contributed by atoms with van der Waals surface area (Å²) in [6, 6.07) is 1.75. The van der Waals surface area contributed by atoms with E-state index in [1.807, 2.05) is 5.38 Å². The number of thiazole rings is 1. The van der Waals surface area contributed by atoms with Gasteiger partial charge in [-0.3, -0.25) is 10.1 Å². The molecule has 0 aliphatic rings. The molecule has 0 aliphatic carbocycles. The van der Waals surface area contributed by atoms with E-state index < -0.39 is 0 Å². The third-order valence-electron chi connectivity index (χ3n) is 2.64. The number of rotatable bonds is 4. The fraction of sp³-hybridized carbons (Fsp3) is 0.333. The molecule has 4 nitrogen and oxygen atoms in total. The second-order valence-electron chi connectivity index (χ2n) is 4.66. The first-order chi connectivity index (χ1) is 10.1. The van der Waals surface area contributed by atoms with E-state index in [0.717, 1.165) is 10.6 Å². The molecule has 6 heteroatoms. The third kappa shape index (κ3) is 4.39. The molecule has 0 saturated heterocycles. The lowest BCUT2D eigenvalue weighted by molar-refractivity contribution is 0.102. The highest BCUT2D eigenvalue weighted by molar-refractivity contribution is 7.14. The maximum absolute atomic E-state index is 12.1. The van der Waals surface area contributed by atoms with Crippen LogP contribution in [0.15, 0.2) is 16.8 Å². The van der Waals surface area contributed by atoms with Crippen molar-refractivity contribution in [2.24, 2.45) is 0 Å². The fourth-order valence-corrected chi connectivity index (χ4v) is 3.13. The minimum absolute atomic E-state index is 0.0496. The van der Waals surface area contributed by atoms with Crippen LogP contribution in [-0.2, 0) is 0 Å². The van der Waals surface area contributed by atoms with Crippen LogP contribution in [0.5, 0.6) is 0 Å². The molecule has 2 N–H and O–H groups in total. The second kappa shape index (κ2) is 7.36. The first kappa shape index (κ1) is 15.7. The molecule has 2 rings (SSSR count). The second-order valence-corrected chi connectivity index (χ2v) is 6.43. The zero-order valence-electron chi connectivity index (χ0n) is 11.8. The van der Waals surface area contributed by atoms with Gasteiger partial charge in [-0.05, 0) is 12.0 Å². The molecule has 0 spiro atoms. The summed E-state index contributed by atoms with van der Waals surface area (Å²) in [4.78, 5) is 17.3. The van der Waals surface area contributed by atoms with Crippen molar-refractivity contribution >= 4 is 33.7 Å². The average molecular weight is 320 g/mol. The van der Waals surface area contributed by atoms with Crippen molar-refractivity contribution in [3.8, 4) is 11.8 Å². The molecule has 110 valence electrons. The molecule has 0 atom stereocenters. The Kier molecular flexibility index (Phi) is 5.51. The van der Waals surface area contributed by atoms with Crippen molar-refractivity contribution in [3.63, 3.8) is 0 Å². The van der Waals surface area contributed by atoms with E-state index in [1.54, 1.807) is 11.4 Å². The van der Waals surface area contributed by atoms with Crippen molar-refractivity contribution in [1.82, 2.24) is 4.98 Å². The standard InChI is InChI=1S/C15H16N2O2S2/c1-10(2)13-9-21-15(16-13)17-14(19)11-7-12(20-8-11)5-3-4-6-18/h7-10,18H,4,6H2,1-2H3,(H,16,17,19). The molecule has 0 unspecified atom stereocenters. The molecule has 2 heterocycles. The smallest absolute Gasteiger partial charge is 0.258 e. The highest BCUT2D eigenvalue weighted by Crippen LogP contribution is 2.22. The van der Waals surface area contributed by atoms with Crippen molar-refractivity contribution in [2.45, 2.75) is 26.2 Å². The van der Waals surface area contributed by atoms with Crippen LogP contribution in [0.4, 0.5) is 5.13 Å². The molecule has 0 radical (unpaired) electrons. The van der Waals surface area contributed by atoms with Crippen molar-refractivity contribution in [1.29, 1.82) is 0 Å². The third-order valence-corrected chi connectivity index (χ3v) is 4.27. The van der Waals surface area contributed by atoms with Gasteiger partial charge < -0.3 is 5.11 Å². The highest BCUT2D eigenvalue weighted by Gasteiger charge is 2.11. The van der Waals surface area contributed by atoms with Crippen LogP contribution >= 0.6 is 22.7 Å². The molecule has 1 amide bonds. The minimum Gasteiger partial charge on any atom is -0.395 e. The van der Waals surface area contributed by atoms with Crippen LogP contribution < -0.4 is 5.32 Å². The first-order valence-electron chi connectivity index (χ1n) is 6.55. The molecule has 2 aromatic rings. The van der Waals surface area contributed by atoms with Crippen LogP contribution in [0.3, 0.4) is 0 Å². The van der Waals surface area contributed by atoms with E-state index in [9.17, 15) is 4.79 Å². The van der Waals surface area contributed by atoms with Gasteiger partial charge in [0.15, 0.2) is 5.13 Å². The number of carbonyl (C=O) groups is 1. The molecule has 0 saturated carbocycles. The largest absolute Gasteiger partial charge is 0.395 e. The summed E-state index contributed by atoms with van der Waals surface area (Å²) < 4.78 is 0. The lowest BCUT2D eigenvalue weighted by Gasteiger charge is -1.99. The number of aromatic nitrogens is 1.